The van der Waals surface area contributed by atoms with E-state index in [9.17, 15) is 8.42 Å². The average Bonchev–Trinajstić information content (AvgIpc) is 2.69. The van der Waals surface area contributed by atoms with Gasteiger partial charge in [-0.05, 0) is 48.9 Å². The fourth-order valence-corrected chi connectivity index (χ4v) is 3.31. The number of hydrazone groups is 1. The van der Waals surface area contributed by atoms with Gasteiger partial charge in [0, 0.05) is 10.6 Å². The fourth-order valence-electron chi connectivity index (χ4n) is 2.40. The second kappa shape index (κ2) is 8.91. The summed E-state index contributed by atoms with van der Waals surface area (Å²) in [7, 11) is -3.77. The van der Waals surface area contributed by atoms with Gasteiger partial charge in [0.1, 0.15) is 12.4 Å². The molecule has 0 radical (unpaired) electrons. The third-order valence-corrected chi connectivity index (χ3v) is 5.42. The minimum absolute atomic E-state index is 0.0814. The minimum Gasteiger partial charge on any atom is -0.488 e. The van der Waals surface area contributed by atoms with Crippen LogP contribution < -0.4 is 9.57 Å². The van der Waals surface area contributed by atoms with E-state index in [0.29, 0.717) is 22.9 Å². The number of halogens is 1. The summed E-state index contributed by atoms with van der Waals surface area (Å²) in [5.74, 6) is 0.609. The van der Waals surface area contributed by atoms with Gasteiger partial charge >= 0.3 is 0 Å². The van der Waals surface area contributed by atoms with Crippen molar-refractivity contribution in [1.29, 1.82) is 0 Å². The predicted octanol–water partition coefficient (Wildman–Crippen LogP) is 4.54. The van der Waals surface area contributed by atoms with E-state index in [1.807, 2.05) is 49.4 Å². The Labute approximate surface area is 169 Å². The fraction of sp³-hybridized carbons (Fsp3) is 0.0952. The summed E-state index contributed by atoms with van der Waals surface area (Å²) in [6.07, 6.45) is 1.41. The van der Waals surface area contributed by atoms with E-state index in [-0.39, 0.29) is 4.90 Å². The lowest BCUT2D eigenvalue weighted by Gasteiger charge is -2.09. The van der Waals surface area contributed by atoms with E-state index in [1.165, 1.54) is 36.0 Å². The van der Waals surface area contributed by atoms with Crippen LogP contribution in [-0.4, -0.2) is 14.6 Å². The van der Waals surface area contributed by atoms with Gasteiger partial charge in [-0.1, -0.05) is 53.6 Å². The predicted molar refractivity (Wildman–Crippen MR) is 111 cm³/mol. The van der Waals surface area contributed by atoms with Crippen LogP contribution in [0.2, 0.25) is 5.02 Å². The maximum Gasteiger partial charge on any atom is 0.276 e. The Kier molecular flexibility index (Phi) is 6.34. The van der Waals surface area contributed by atoms with Gasteiger partial charge < -0.3 is 4.74 Å². The number of rotatable bonds is 7. The van der Waals surface area contributed by atoms with Crippen molar-refractivity contribution in [2.24, 2.45) is 5.10 Å². The molecule has 0 aliphatic heterocycles. The molecule has 0 spiro atoms. The topological polar surface area (TPSA) is 67.8 Å². The van der Waals surface area contributed by atoms with Gasteiger partial charge in [-0.15, -0.1) is 0 Å². The lowest BCUT2D eigenvalue weighted by atomic mass is 10.1. The van der Waals surface area contributed by atoms with Crippen molar-refractivity contribution in [3.05, 3.63) is 94.5 Å². The first-order valence-electron chi connectivity index (χ1n) is 8.52. The number of ether oxygens (including phenoxy) is 1. The summed E-state index contributed by atoms with van der Waals surface area (Å²) in [5, 5.41) is 4.32. The summed E-state index contributed by atoms with van der Waals surface area (Å²) in [5.41, 5.74) is 2.89. The minimum atomic E-state index is -3.77. The van der Waals surface area contributed by atoms with E-state index < -0.39 is 10.0 Å². The highest BCUT2D eigenvalue weighted by molar-refractivity contribution is 7.89. The Bertz CT molecular complexity index is 1060. The van der Waals surface area contributed by atoms with Crippen LogP contribution in [0.4, 0.5) is 0 Å². The van der Waals surface area contributed by atoms with Crippen molar-refractivity contribution in [3.8, 4) is 5.75 Å². The van der Waals surface area contributed by atoms with Gasteiger partial charge in [-0.25, -0.2) is 4.83 Å². The van der Waals surface area contributed by atoms with Crippen LogP contribution in [-0.2, 0) is 16.6 Å². The molecule has 0 atom stereocenters. The Morgan fingerprint density at radius 1 is 1.00 bits per heavy atom. The molecule has 0 aromatic heterocycles. The quantitative estimate of drug-likeness (QED) is 0.456. The first-order valence-corrected chi connectivity index (χ1v) is 10.4. The molecule has 0 heterocycles. The third kappa shape index (κ3) is 5.34. The number of para-hydroxylation sites is 1. The molecular weight excluding hydrogens is 396 g/mol. The number of hydrogen-bond donors (Lipinski definition) is 1. The van der Waals surface area contributed by atoms with Crippen LogP contribution in [0, 0.1) is 6.92 Å². The van der Waals surface area contributed by atoms with Crippen molar-refractivity contribution < 1.29 is 13.2 Å². The summed E-state index contributed by atoms with van der Waals surface area (Å²) >= 11 is 5.79. The lowest BCUT2D eigenvalue weighted by molar-refractivity contribution is 0.306. The summed E-state index contributed by atoms with van der Waals surface area (Å²) in [6.45, 7) is 2.43. The molecule has 3 rings (SSSR count). The molecule has 3 aromatic carbocycles. The van der Waals surface area contributed by atoms with Crippen molar-refractivity contribution in [2.75, 3.05) is 0 Å². The molecule has 0 aliphatic rings. The molecule has 3 aromatic rings. The normalized spacial score (nSPS) is 11.5. The Hall–Kier alpha value is -2.83. The molecule has 0 saturated heterocycles. The zero-order valence-corrected chi connectivity index (χ0v) is 16.7. The van der Waals surface area contributed by atoms with Crippen molar-refractivity contribution in [1.82, 2.24) is 4.83 Å². The number of nitrogens with one attached hydrogen (secondary N) is 1. The largest absolute Gasteiger partial charge is 0.488 e. The van der Waals surface area contributed by atoms with Crippen LogP contribution in [0.1, 0.15) is 16.7 Å². The molecule has 144 valence electrons. The van der Waals surface area contributed by atoms with Gasteiger partial charge in [-0.2, -0.15) is 13.5 Å². The Balaban J connectivity index is 1.68. The Morgan fingerprint density at radius 2 is 1.68 bits per heavy atom. The molecule has 5 nitrogen and oxygen atoms in total. The van der Waals surface area contributed by atoms with Crippen LogP contribution in [0.15, 0.2) is 82.8 Å². The maximum absolute atomic E-state index is 12.3. The number of aryl methyl sites for hydroxylation is 1. The van der Waals surface area contributed by atoms with Crippen LogP contribution in [0.3, 0.4) is 0 Å². The highest BCUT2D eigenvalue weighted by Gasteiger charge is 2.12. The third-order valence-electron chi connectivity index (χ3n) is 3.93. The zero-order chi connectivity index (χ0) is 20.0. The van der Waals surface area contributed by atoms with Gasteiger partial charge in [0.15, 0.2) is 0 Å². The monoisotopic (exact) mass is 414 g/mol. The number of nitrogens with zero attached hydrogens (tertiary/aromatic N) is 1. The van der Waals surface area contributed by atoms with E-state index in [2.05, 4.69) is 9.93 Å². The van der Waals surface area contributed by atoms with Crippen LogP contribution in [0.25, 0.3) is 0 Å². The summed E-state index contributed by atoms with van der Waals surface area (Å²) in [6, 6.07) is 21.2. The Morgan fingerprint density at radius 3 is 2.39 bits per heavy atom. The van der Waals surface area contributed by atoms with Crippen molar-refractivity contribution in [2.45, 2.75) is 18.4 Å². The van der Waals surface area contributed by atoms with E-state index >= 15 is 0 Å². The first kappa shape index (κ1) is 19.9. The molecule has 0 saturated carbocycles. The molecular formula is C21H19ClN2O3S. The zero-order valence-electron chi connectivity index (χ0n) is 15.2. The van der Waals surface area contributed by atoms with Gasteiger partial charge in [0.2, 0.25) is 0 Å². The molecule has 0 unspecified atom stereocenters. The number of sulfonamides is 1. The smallest absolute Gasteiger partial charge is 0.276 e. The van der Waals surface area contributed by atoms with Gasteiger partial charge in [0.05, 0.1) is 11.1 Å². The molecule has 0 bridgehead atoms. The standard InChI is InChI=1S/C21H19ClN2O3S/c1-16-6-8-17(9-7-16)15-27-21-5-3-2-4-18(21)14-23-24-28(25,26)20-12-10-19(22)11-13-20/h2-14,24H,15H2,1H3/b23-14+. The van der Waals surface area contributed by atoms with E-state index in [4.69, 9.17) is 16.3 Å². The van der Waals surface area contributed by atoms with Crippen LogP contribution in [0.5, 0.6) is 5.75 Å². The average molecular weight is 415 g/mol. The van der Waals surface area contributed by atoms with Crippen molar-refractivity contribution >= 4 is 27.8 Å². The number of hydrogen-bond acceptors (Lipinski definition) is 4. The van der Waals surface area contributed by atoms with E-state index in [1.54, 1.807) is 6.07 Å². The summed E-state index contributed by atoms with van der Waals surface area (Å²) < 4.78 is 30.4. The second-order valence-electron chi connectivity index (χ2n) is 6.12. The van der Waals surface area contributed by atoms with Gasteiger partial charge in [-0.3, -0.25) is 0 Å². The molecule has 1 N–H and O–H groups in total. The SMILES string of the molecule is Cc1ccc(COc2ccccc2/C=N/NS(=O)(=O)c2ccc(Cl)cc2)cc1. The molecule has 7 heteroatoms. The first-order chi connectivity index (χ1) is 13.4. The van der Waals surface area contributed by atoms with Gasteiger partial charge in [0.25, 0.3) is 10.0 Å². The summed E-state index contributed by atoms with van der Waals surface area (Å²) in [4.78, 5) is 2.27. The van der Waals surface area contributed by atoms with Crippen molar-refractivity contribution in [3.63, 3.8) is 0 Å². The number of benzene rings is 3. The maximum atomic E-state index is 12.3. The highest BCUT2D eigenvalue weighted by Crippen LogP contribution is 2.18. The molecule has 0 amide bonds. The molecule has 0 fully saturated rings. The highest BCUT2D eigenvalue weighted by atomic mass is 35.5. The molecule has 28 heavy (non-hydrogen) atoms. The van der Waals surface area contributed by atoms with Crippen LogP contribution >= 0.6 is 11.6 Å². The molecule has 0 aliphatic carbocycles. The second-order valence-corrected chi connectivity index (χ2v) is 8.22. The lowest BCUT2D eigenvalue weighted by Crippen LogP contribution is -2.18. The van der Waals surface area contributed by atoms with E-state index in [0.717, 1.165) is 5.56 Å².